The molecule has 0 aliphatic rings. The van der Waals surface area contributed by atoms with Crippen molar-refractivity contribution in [3.8, 4) is 11.5 Å². The van der Waals surface area contributed by atoms with Crippen LogP contribution < -0.4 is 20.1 Å². The van der Waals surface area contributed by atoms with Crippen molar-refractivity contribution in [2.24, 2.45) is 4.99 Å². The van der Waals surface area contributed by atoms with Gasteiger partial charge in [-0.25, -0.2) is 0 Å². The number of hydrogen-bond acceptors (Lipinski definition) is 3. The third-order valence-corrected chi connectivity index (χ3v) is 3.94. The first kappa shape index (κ1) is 19.6. The van der Waals surface area contributed by atoms with E-state index in [1.165, 1.54) is 5.56 Å². The molecular weight excluding hydrogens is 326 g/mol. The van der Waals surface area contributed by atoms with Gasteiger partial charge in [-0.15, -0.1) is 0 Å². The number of para-hydroxylation sites is 2. The van der Waals surface area contributed by atoms with Crippen LogP contribution in [0.3, 0.4) is 0 Å². The number of hydrogen-bond donors (Lipinski definition) is 2. The number of methoxy groups -OCH3 is 1. The monoisotopic (exact) mass is 355 g/mol. The first-order valence-electron chi connectivity index (χ1n) is 9.07. The molecule has 0 spiro atoms. The average Bonchev–Trinajstić information content (AvgIpc) is 2.69. The Labute approximate surface area is 156 Å². The van der Waals surface area contributed by atoms with Crippen molar-refractivity contribution in [2.45, 2.75) is 19.8 Å². The zero-order chi connectivity index (χ0) is 18.6. The Hall–Kier alpha value is -2.69. The number of rotatable bonds is 9. The maximum Gasteiger partial charge on any atom is 0.191 e. The lowest BCUT2D eigenvalue weighted by Crippen LogP contribution is -2.39. The van der Waals surface area contributed by atoms with Crippen molar-refractivity contribution in [1.82, 2.24) is 10.6 Å². The molecule has 1 unspecified atom stereocenters. The Morgan fingerprint density at radius 1 is 1.04 bits per heavy atom. The minimum absolute atomic E-state index is 0.266. The summed E-state index contributed by atoms with van der Waals surface area (Å²) >= 11 is 0. The molecule has 0 saturated carbocycles. The topological polar surface area (TPSA) is 54.9 Å². The van der Waals surface area contributed by atoms with Crippen molar-refractivity contribution in [2.75, 3.05) is 33.4 Å². The van der Waals surface area contributed by atoms with E-state index in [2.05, 4.69) is 30.5 Å². The van der Waals surface area contributed by atoms with Crippen molar-refractivity contribution in [3.63, 3.8) is 0 Å². The molecule has 140 valence electrons. The first-order valence-corrected chi connectivity index (χ1v) is 9.07. The molecule has 26 heavy (non-hydrogen) atoms. The summed E-state index contributed by atoms with van der Waals surface area (Å²) in [5, 5.41) is 6.58. The number of nitrogens with one attached hydrogen (secondary N) is 2. The van der Waals surface area contributed by atoms with Crippen LogP contribution >= 0.6 is 0 Å². The standard InChI is InChI=1S/C21H29N3O2/c1-4-22-21(23-14-15-26-18-10-6-5-7-11-18)24-16-17(2)19-12-8-9-13-20(19)25-3/h5-13,17H,4,14-16H2,1-3H3,(H2,22,23,24). The third-order valence-electron chi connectivity index (χ3n) is 3.94. The van der Waals surface area contributed by atoms with E-state index in [1.54, 1.807) is 7.11 Å². The summed E-state index contributed by atoms with van der Waals surface area (Å²) in [6.07, 6.45) is 0. The number of guanidine groups is 1. The van der Waals surface area contributed by atoms with E-state index in [4.69, 9.17) is 14.5 Å². The van der Waals surface area contributed by atoms with Crippen LogP contribution in [-0.2, 0) is 0 Å². The molecule has 0 radical (unpaired) electrons. The van der Waals surface area contributed by atoms with Gasteiger partial charge < -0.3 is 20.1 Å². The Morgan fingerprint density at radius 2 is 1.77 bits per heavy atom. The highest BCUT2D eigenvalue weighted by molar-refractivity contribution is 5.79. The molecule has 0 fully saturated rings. The second-order valence-corrected chi connectivity index (χ2v) is 5.95. The average molecular weight is 355 g/mol. The highest BCUT2D eigenvalue weighted by atomic mass is 16.5. The van der Waals surface area contributed by atoms with Gasteiger partial charge >= 0.3 is 0 Å². The summed E-state index contributed by atoms with van der Waals surface area (Å²) in [7, 11) is 1.70. The summed E-state index contributed by atoms with van der Waals surface area (Å²) in [5.74, 6) is 2.85. The molecule has 2 aromatic rings. The molecule has 0 aliphatic heterocycles. The van der Waals surface area contributed by atoms with Crippen LogP contribution in [0.15, 0.2) is 59.6 Å². The van der Waals surface area contributed by atoms with Crippen LogP contribution in [0.2, 0.25) is 0 Å². The summed E-state index contributed by atoms with van der Waals surface area (Å²) in [5.41, 5.74) is 1.17. The number of benzene rings is 2. The molecule has 5 heteroatoms. The summed E-state index contributed by atoms with van der Waals surface area (Å²) in [6, 6.07) is 17.9. The van der Waals surface area contributed by atoms with Crippen molar-refractivity contribution in [1.29, 1.82) is 0 Å². The molecule has 0 saturated heterocycles. The summed E-state index contributed by atoms with van der Waals surface area (Å²) in [4.78, 5) is 4.69. The van der Waals surface area contributed by atoms with Gasteiger partial charge in [0.15, 0.2) is 5.96 Å². The highest BCUT2D eigenvalue weighted by Gasteiger charge is 2.10. The molecule has 2 N–H and O–H groups in total. The van der Waals surface area contributed by atoms with Gasteiger partial charge in [0, 0.05) is 19.0 Å². The molecule has 0 heterocycles. The maximum absolute atomic E-state index is 5.70. The van der Waals surface area contributed by atoms with Gasteiger partial charge in [0.2, 0.25) is 0 Å². The molecule has 2 rings (SSSR count). The van der Waals surface area contributed by atoms with Crippen LogP contribution in [0.5, 0.6) is 11.5 Å². The van der Waals surface area contributed by atoms with Gasteiger partial charge in [-0.05, 0) is 30.7 Å². The zero-order valence-electron chi connectivity index (χ0n) is 15.9. The summed E-state index contributed by atoms with van der Waals surface area (Å²) < 4.78 is 11.1. The van der Waals surface area contributed by atoms with E-state index in [0.29, 0.717) is 19.7 Å². The Kier molecular flexibility index (Phi) is 8.33. The minimum Gasteiger partial charge on any atom is -0.496 e. The number of ether oxygens (including phenoxy) is 2. The fourth-order valence-electron chi connectivity index (χ4n) is 2.60. The van der Waals surface area contributed by atoms with Crippen LogP contribution in [0.1, 0.15) is 25.3 Å². The predicted octanol–water partition coefficient (Wildman–Crippen LogP) is 3.43. The largest absolute Gasteiger partial charge is 0.496 e. The SMILES string of the molecule is CCNC(=NCC(C)c1ccccc1OC)NCCOc1ccccc1. The highest BCUT2D eigenvalue weighted by Crippen LogP contribution is 2.26. The fourth-order valence-corrected chi connectivity index (χ4v) is 2.60. The van der Waals surface area contributed by atoms with Gasteiger partial charge in [-0.1, -0.05) is 43.3 Å². The van der Waals surface area contributed by atoms with E-state index < -0.39 is 0 Å². The molecular formula is C21H29N3O2. The molecule has 0 bridgehead atoms. The Balaban J connectivity index is 1.85. The summed E-state index contributed by atoms with van der Waals surface area (Å²) in [6.45, 7) is 6.97. The molecule has 2 aromatic carbocycles. The molecule has 1 atom stereocenters. The Morgan fingerprint density at radius 3 is 2.50 bits per heavy atom. The number of aliphatic imine (C=N–C) groups is 1. The molecule has 0 aliphatic carbocycles. The molecule has 5 nitrogen and oxygen atoms in total. The van der Waals surface area contributed by atoms with E-state index in [0.717, 1.165) is 24.0 Å². The predicted molar refractivity (Wildman–Crippen MR) is 107 cm³/mol. The zero-order valence-corrected chi connectivity index (χ0v) is 15.9. The number of nitrogens with zero attached hydrogens (tertiary/aromatic N) is 1. The lowest BCUT2D eigenvalue weighted by atomic mass is 10.0. The minimum atomic E-state index is 0.266. The van der Waals surface area contributed by atoms with Crippen LogP contribution in [0.4, 0.5) is 0 Å². The van der Waals surface area contributed by atoms with Gasteiger partial charge in [0.25, 0.3) is 0 Å². The molecule has 0 amide bonds. The van der Waals surface area contributed by atoms with Gasteiger partial charge in [0.05, 0.1) is 13.7 Å². The second-order valence-electron chi connectivity index (χ2n) is 5.95. The lowest BCUT2D eigenvalue weighted by Gasteiger charge is -2.16. The van der Waals surface area contributed by atoms with Crippen molar-refractivity contribution in [3.05, 3.63) is 60.2 Å². The van der Waals surface area contributed by atoms with E-state index in [9.17, 15) is 0 Å². The maximum atomic E-state index is 5.70. The lowest BCUT2D eigenvalue weighted by molar-refractivity contribution is 0.322. The third kappa shape index (κ3) is 6.31. The van der Waals surface area contributed by atoms with E-state index in [-0.39, 0.29) is 5.92 Å². The van der Waals surface area contributed by atoms with Crippen molar-refractivity contribution >= 4 is 5.96 Å². The fraction of sp³-hybridized carbons (Fsp3) is 0.381. The van der Waals surface area contributed by atoms with Crippen LogP contribution in [0, 0.1) is 0 Å². The van der Waals surface area contributed by atoms with Gasteiger partial charge in [0.1, 0.15) is 18.1 Å². The van der Waals surface area contributed by atoms with Gasteiger partial charge in [-0.2, -0.15) is 0 Å². The second kappa shape index (κ2) is 11.0. The normalized spacial score (nSPS) is 12.3. The smallest absolute Gasteiger partial charge is 0.191 e. The molecule has 0 aromatic heterocycles. The van der Waals surface area contributed by atoms with Crippen LogP contribution in [-0.4, -0.2) is 39.3 Å². The first-order chi connectivity index (χ1) is 12.7. The quantitative estimate of drug-likeness (QED) is 0.411. The Bertz CT molecular complexity index is 674. The van der Waals surface area contributed by atoms with Gasteiger partial charge in [-0.3, -0.25) is 4.99 Å². The van der Waals surface area contributed by atoms with Crippen LogP contribution in [0.25, 0.3) is 0 Å². The van der Waals surface area contributed by atoms with E-state index in [1.807, 2.05) is 48.5 Å². The van der Waals surface area contributed by atoms with E-state index >= 15 is 0 Å². The van der Waals surface area contributed by atoms with Crippen molar-refractivity contribution < 1.29 is 9.47 Å².